The molecule has 0 saturated heterocycles. The number of hydrogen-bond donors (Lipinski definition) is 0. The van der Waals surface area contributed by atoms with Crippen LogP contribution < -0.4 is 4.74 Å². The summed E-state index contributed by atoms with van der Waals surface area (Å²) in [6.07, 6.45) is 0. The first-order chi connectivity index (χ1) is 13.0. The van der Waals surface area contributed by atoms with Crippen LogP contribution in [-0.2, 0) is 0 Å². The number of nitrogens with zero attached hydrogens (tertiary/aromatic N) is 1. The Hall–Kier alpha value is -2.53. The van der Waals surface area contributed by atoms with Gasteiger partial charge in [-0.25, -0.2) is 4.39 Å². The SMILES string of the molecule is CCOc1ccc(-n2c(C)cc(C(=O)CSc3ccc(F)cc3)c2C)cc1. The van der Waals surface area contributed by atoms with Crippen molar-refractivity contribution in [1.29, 1.82) is 0 Å². The molecule has 3 aromatic rings. The fourth-order valence-electron chi connectivity index (χ4n) is 3.06. The van der Waals surface area contributed by atoms with Crippen LogP contribution >= 0.6 is 11.8 Å². The Morgan fingerprint density at radius 3 is 2.37 bits per heavy atom. The molecule has 0 spiro atoms. The Morgan fingerprint density at radius 2 is 1.74 bits per heavy atom. The fourth-order valence-corrected chi connectivity index (χ4v) is 3.84. The zero-order valence-electron chi connectivity index (χ0n) is 15.7. The molecule has 0 aliphatic rings. The van der Waals surface area contributed by atoms with Gasteiger partial charge in [0, 0.05) is 27.5 Å². The van der Waals surface area contributed by atoms with Gasteiger partial charge in [0.2, 0.25) is 0 Å². The van der Waals surface area contributed by atoms with Crippen molar-refractivity contribution in [2.45, 2.75) is 25.7 Å². The van der Waals surface area contributed by atoms with Gasteiger partial charge >= 0.3 is 0 Å². The van der Waals surface area contributed by atoms with Crippen molar-refractivity contribution < 1.29 is 13.9 Å². The number of aromatic nitrogens is 1. The maximum atomic E-state index is 13.0. The van der Waals surface area contributed by atoms with Crippen molar-refractivity contribution in [3.8, 4) is 11.4 Å². The minimum atomic E-state index is -0.274. The van der Waals surface area contributed by atoms with Gasteiger partial charge < -0.3 is 9.30 Å². The second-order valence-electron chi connectivity index (χ2n) is 6.21. The summed E-state index contributed by atoms with van der Waals surface area (Å²) in [5, 5.41) is 0. The summed E-state index contributed by atoms with van der Waals surface area (Å²) in [6, 6.07) is 16.0. The smallest absolute Gasteiger partial charge is 0.174 e. The molecule has 0 unspecified atom stereocenters. The molecule has 0 saturated carbocycles. The maximum Gasteiger partial charge on any atom is 0.174 e. The lowest BCUT2D eigenvalue weighted by atomic mass is 10.2. The van der Waals surface area contributed by atoms with Gasteiger partial charge in [0.25, 0.3) is 0 Å². The van der Waals surface area contributed by atoms with Gasteiger partial charge in [-0.1, -0.05) is 0 Å². The predicted molar refractivity (Wildman–Crippen MR) is 108 cm³/mol. The summed E-state index contributed by atoms with van der Waals surface area (Å²) in [7, 11) is 0. The summed E-state index contributed by atoms with van der Waals surface area (Å²) in [4.78, 5) is 13.6. The number of carbonyl (C=O) groups is 1. The zero-order valence-corrected chi connectivity index (χ0v) is 16.5. The number of aryl methyl sites for hydroxylation is 1. The Bertz CT molecular complexity index is 930. The van der Waals surface area contributed by atoms with E-state index in [0.29, 0.717) is 12.4 Å². The van der Waals surface area contributed by atoms with E-state index >= 15 is 0 Å². The Kier molecular flexibility index (Phi) is 6.01. The lowest BCUT2D eigenvalue weighted by Crippen LogP contribution is -2.05. The van der Waals surface area contributed by atoms with E-state index in [2.05, 4.69) is 4.57 Å². The molecule has 27 heavy (non-hydrogen) atoms. The fraction of sp³-hybridized carbons (Fsp3) is 0.227. The summed E-state index contributed by atoms with van der Waals surface area (Å²) in [6.45, 7) is 6.54. The maximum absolute atomic E-state index is 13.0. The minimum Gasteiger partial charge on any atom is -0.494 e. The molecule has 0 bridgehead atoms. The monoisotopic (exact) mass is 383 g/mol. The van der Waals surface area contributed by atoms with Crippen LogP contribution in [0.2, 0.25) is 0 Å². The second kappa shape index (κ2) is 8.44. The topological polar surface area (TPSA) is 31.2 Å². The Labute approximate surface area is 163 Å². The van der Waals surface area contributed by atoms with Gasteiger partial charge in [0.05, 0.1) is 12.4 Å². The molecule has 0 aliphatic heterocycles. The van der Waals surface area contributed by atoms with Crippen molar-refractivity contribution in [2.75, 3.05) is 12.4 Å². The highest BCUT2D eigenvalue weighted by molar-refractivity contribution is 8.00. The number of ketones is 1. The van der Waals surface area contributed by atoms with Crippen LogP contribution in [0, 0.1) is 19.7 Å². The van der Waals surface area contributed by atoms with Crippen molar-refractivity contribution in [3.63, 3.8) is 0 Å². The van der Waals surface area contributed by atoms with E-state index in [0.717, 1.165) is 33.3 Å². The van der Waals surface area contributed by atoms with Gasteiger partial charge in [0.1, 0.15) is 11.6 Å². The normalized spacial score (nSPS) is 10.8. The molecular formula is C22H22FNO2S. The molecule has 140 valence electrons. The molecule has 0 amide bonds. The van der Waals surface area contributed by atoms with Gasteiger partial charge in [-0.15, -0.1) is 11.8 Å². The molecule has 1 heterocycles. The van der Waals surface area contributed by atoms with E-state index in [9.17, 15) is 9.18 Å². The van der Waals surface area contributed by atoms with E-state index in [4.69, 9.17) is 4.74 Å². The van der Waals surface area contributed by atoms with Crippen molar-refractivity contribution in [1.82, 2.24) is 4.57 Å². The van der Waals surface area contributed by atoms with E-state index in [1.54, 1.807) is 12.1 Å². The van der Waals surface area contributed by atoms with Crippen LogP contribution in [0.5, 0.6) is 5.75 Å². The molecule has 1 aromatic heterocycles. The van der Waals surface area contributed by atoms with E-state index in [-0.39, 0.29) is 11.6 Å². The summed E-state index contributed by atoms with van der Waals surface area (Å²) >= 11 is 1.42. The number of thioether (sulfide) groups is 1. The van der Waals surface area contributed by atoms with Crippen LogP contribution in [0.25, 0.3) is 5.69 Å². The largest absolute Gasteiger partial charge is 0.494 e. The number of ether oxygens (including phenoxy) is 1. The summed E-state index contributed by atoms with van der Waals surface area (Å²) in [5.41, 5.74) is 3.64. The number of carbonyl (C=O) groups excluding carboxylic acids is 1. The molecule has 0 radical (unpaired) electrons. The minimum absolute atomic E-state index is 0.0645. The average molecular weight is 383 g/mol. The molecule has 0 fully saturated rings. The van der Waals surface area contributed by atoms with E-state index in [1.807, 2.05) is 51.1 Å². The highest BCUT2D eigenvalue weighted by Gasteiger charge is 2.17. The summed E-state index contributed by atoms with van der Waals surface area (Å²) < 4.78 is 20.6. The molecule has 3 nitrogen and oxygen atoms in total. The van der Waals surface area contributed by atoms with Crippen LogP contribution in [-0.4, -0.2) is 22.7 Å². The van der Waals surface area contributed by atoms with Crippen LogP contribution in [0.4, 0.5) is 4.39 Å². The molecule has 0 aliphatic carbocycles. The Balaban J connectivity index is 1.78. The number of rotatable bonds is 7. The number of hydrogen-bond acceptors (Lipinski definition) is 3. The van der Waals surface area contributed by atoms with Crippen molar-refractivity contribution in [3.05, 3.63) is 77.4 Å². The molecule has 0 atom stereocenters. The first-order valence-electron chi connectivity index (χ1n) is 8.83. The number of halogens is 1. The zero-order chi connectivity index (χ0) is 19.4. The third-order valence-electron chi connectivity index (χ3n) is 4.32. The standard InChI is InChI=1S/C22H22FNO2S/c1-4-26-19-9-7-18(8-10-19)24-15(2)13-21(16(24)3)22(25)14-27-20-11-5-17(23)6-12-20/h5-13H,4,14H2,1-3H3. The molecule has 3 rings (SSSR count). The first-order valence-corrected chi connectivity index (χ1v) is 9.82. The average Bonchev–Trinajstić information content (AvgIpc) is 2.96. The third-order valence-corrected chi connectivity index (χ3v) is 5.33. The van der Waals surface area contributed by atoms with E-state index < -0.39 is 0 Å². The van der Waals surface area contributed by atoms with Gasteiger partial charge in [-0.3, -0.25) is 4.79 Å². The van der Waals surface area contributed by atoms with Crippen molar-refractivity contribution in [2.24, 2.45) is 0 Å². The highest BCUT2D eigenvalue weighted by Crippen LogP contribution is 2.25. The summed E-state index contributed by atoms with van der Waals surface area (Å²) in [5.74, 6) is 0.939. The third kappa shape index (κ3) is 4.42. The highest BCUT2D eigenvalue weighted by atomic mass is 32.2. The molecule has 2 aromatic carbocycles. The lowest BCUT2D eigenvalue weighted by molar-refractivity contribution is 0.102. The van der Waals surface area contributed by atoms with E-state index in [1.165, 1.54) is 23.9 Å². The second-order valence-corrected chi connectivity index (χ2v) is 7.26. The molecule has 5 heteroatoms. The van der Waals surface area contributed by atoms with Crippen molar-refractivity contribution >= 4 is 17.5 Å². The van der Waals surface area contributed by atoms with Gasteiger partial charge in [0.15, 0.2) is 5.78 Å². The predicted octanol–water partition coefficient (Wildman–Crippen LogP) is 5.61. The Morgan fingerprint density at radius 1 is 1.07 bits per heavy atom. The van der Waals surface area contributed by atoms with Crippen LogP contribution in [0.1, 0.15) is 28.7 Å². The quantitative estimate of drug-likeness (QED) is 0.393. The van der Waals surface area contributed by atoms with Crippen LogP contribution in [0.3, 0.4) is 0 Å². The van der Waals surface area contributed by atoms with Gasteiger partial charge in [-0.05, 0) is 75.4 Å². The molecular weight excluding hydrogens is 361 g/mol. The number of benzene rings is 2. The lowest BCUT2D eigenvalue weighted by Gasteiger charge is -2.11. The van der Waals surface area contributed by atoms with Crippen LogP contribution in [0.15, 0.2) is 59.5 Å². The first kappa shape index (κ1) is 19.2. The molecule has 0 N–H and O–H groups in total. The van der Waals surface area contributed by atoms with Gasteiger partial charge in [-0.2, -0.15) is 0 Å². The number of Topliss-reactive ketones (excluding diaryl/α,β-unsaturated/α-hetero) is 1.